The van der Waals surface area contributed by atoms with Crippen molar-refractivity contribution in [3.05, 3.63) is 29.8 Å². The lowest BCUT2D eigenvalue weighted by molar-refractivity contribution is -0.132. The van der Waals surface area contributed by atoms with E-state index in [1.807, 2.05) is 31.2 Å². The minimum Gasteiger partial charge on any atom is -0.492 e. The number of ether oxygens (including phenoxy) is 1. The molecule has 0 radical (unpaired) electrons. The number of aliphatic hydroxyl groups is 1. The Morgan fingerprint density at radius 3 is 2.75 bits per heavy atom. The number of aliphatic hydroxyl groups excluding tert-OH is 1. The lowest BCUT2D eigenvalue weighted by Crippen LogP contribution is -2.43. The number of β-amino-alcohol motifs (C(OH)–C–C–N with tert-alkyl or cyclic N) is 1. The van der Waals surface area contributed by atoms with Crippen molar-refractivity contribution >= 4 is 5.91 Å². The largest absolute Gasteiger partial charge is 0.492 e. The fourth-order valence-corrected chi connectivity index (χ4v) is 2.22. The van der Waals surface area contributed by atoms with Crippen LogP contribution in [0.4, 0.5) is 0 Å². The van der Waals surface area contributed by atoms with Crippen LogP contribution in [0.15, 0.2) is 24.3 Å². The van der Waals surface area contributed by atoms with Gasteiger partial charge < -0.3 is 20.1 Å². The molecule has 0 bridgehead atoms. The third kappa shape index (κ3) is 3.95. The standard InChI is InChI=1S/C15H22N2O3/c1-11-3-5-13(6-4-11)20-8-7-17(2)15(19)14-9-12(18)10-16-14/h3-6,12,14,16,18H,7-10H2,1-2H3/t12-,14-/m1/s1. The summed E-state index contributed by atoms with van der Waals surface area (Å²) in [5.74, 6) is 0.819. The fourth-order valence-electron chi connectivity index (χ4n) is 2.22. The van der Waals surface area contributed by atoms with Crippen molar-refractivity contribution in [2.75, 3.05) is 26.7 Å². The number of carbonyl (C=O) groups is 1. The summed E-state index contributed by atoms with van der Waals surface area (Å²) in [4.78, 5) is 13.7. The van der Waals surface area contributed by atoms with Crippen LogP contribution in [0.2, 0.25) is 0 Å². The molecule has 5 heteroatoms. The molecular weight excluding hydrogens is 256 g/mol. The molecule has 0 aromatic heterocycles. The number of hydrogen-bond donors (Lipinski definition) is 2. The molecule has 0 spiro atoms. The number of amides is 1. The Hall–Kier alpha value is -1.59. The van der Waals surface area contributed by atoms with E-state index in [2.05, 4.69) is 5.32 Å². The zero-order chi connectivity index (χ0) is 14.5. The van der Waals surface area contributed by atoms with Gasteiger partial charge in [-0.3, -0.25) is 4.79 Å². The molecule has 0 aliphatic carbocycles. The Morgan fingerprint density at radius 2 is 2.15 bits per heavy atom. The van der Waals surface area contributed by atoms with Gasteiger partial charge in [0, 0.05) is 13.6 Å². The fraction of sp³-hybridized carbons (Fsp3) is 0.533. The second-order valence-corrected chi connectivity index (χ2v) is 5.27. The molecule has 1 aromatic rings. The van der Waals surface area contributed by atoms with Crippen molar-refractivity contribution in [2.24, 2.45) is 0 Å². The zero-order valence-electron chi connectivity index (χ0n) is 12.0. The third-order valence-electron chi connectivity index (χ3n) is 3.50. The minimum absolute atomic E-state index is 0.00839. The maximum Gasteiger partial charge on any atom is 0.239 e. The van der Waals surface area contributed by atoms with Crippen molar-refractivity contribution in [3.8, 4) is 5.75 Å². The van der Waals surface area contributed by atoms with Crippen LogP contribution in [-0.4, -0.2) is 54.8 Å². The lowest BCUT2D eigenvalue weighted by Gasteiger charge is -2.21. The summed E-state index contributed by atoms with van der Waals surface area (Å²) in [5, 5.41) is 12.4. The first kappa shape index (κ1) is 14.8. The van der Waals surface area contributed by atoms with Gasteiger partial charge in [-0.25, -0.2) is 0 Å². The summed E-state index contributed by atoms with van der Waals surface area (Å²) in [6.07, 6.45) is 0.0725. The van der Waals surface area contributed by atoms with E-state index < -0.39 is 6.10 Å². The van der Waals surface area contributed by atoms with Crippen LogP contribution in [0, 0.1) is 6.92 Å². The highest BCUT2D eigenvalue weighted by Crippen LogP contribution is 2.12. The van der Waals surface area contributed by atoms with Gasteiger partial charge in [0.2, 0.25) is 5.91 Å². The van der Waals surface area contributed by atoms with Gasteiger partial charge in [-0.2, -0.15) is 0 Å². The number of aryl methyl sites for hydroxylation is 1. The molecule has 2 N–H and O–H groups in total. The first-order valence-electron chi connectivity index (χ1n) is 6.92. The Kier molecular flexibility index (Phi) is 4.98. The van der Waals surface area contributed by atoms with Gasteiger partial charge in [0.1, 0.15) is 12.4 Å². The minimum atomic E-state index is -0.416. The first-order valence-corrected chi connectivity index (χ1v) is 6.92. The van der Waals surface area contributed by atoms with Gasteiger partial charge in [-0.05, 0) is 25.5 Å². The van der Waals surface area contributed by atoms with Crippen LogP contribution < -0.4 is 10.1 Å². The predicted octanol–water partition coefficient (Wildman–Crippen LogP) is 0.555. The monoisotopic (exact) mass is 278 g/mol. The van der Waals surface area contributed by atoms with Crippen LogP contribution in [0.1, 0.15) is 12.0 Å². The molecule has 1 aliphatic rings. The maximum absolute atomic E-state index is 12.1. The highest BCUT2D eigenvalue weighted by molar-refractivity contribution is 5.82. The molecule has 2 atom stereocenters. The molecule has 110 valence electrons. The van der Waals surface area contributed by atoms with E-state index in [0.717, 1.165) is 5.75 Å². The summed E-state index contributed by atoms with van der Waals surface area (Å²) in [7, 11) is 1.76. The normalized spacial score (nSPS) is 21.8. The van der Waals surface area contributed by atoms with Crippen molar-refractivity contribution in [3.63, 3.8) is 0 Å². The predicted molar refractivity (Wildman–Crippen MR) is 76.7 cm³/mol. The van der Waals surface area contributed by atoms with Crippen LogP contribution >= 0.6 is 0 Å². The van der Waals surface area contributed by atoms with E-state index in [9.17, 15) is 9.90 Å². The quantitative estimate of drug-likeness (QED) is 0.826. The molecule has 1 fully saturated rings. The van der Waals surface area contributed by atoms with Gasteiger partial charge in [0.25, 0.3) is 0 Å². The summed E-state index contributed by atoms with van der Waals surface area (Å²) in [6.45, 7) is 3.50. The molecule has 2 rings (SSSR count). The van der Waals surface area contributed by atoms with Crippen LogP contribution in [0.3, 0.4) is 0 Å². The van der Waals surface area contributed by atoms with E-state index in [1.54, 1.807) is 11.9 Å². The zero-order valence-corrected chi connectivity index (χ0v) is 12.0. The Bertz CT molecular complexity index is 447. The Balaban J connectivity index is 1.73. The van der Waals surface area contributed by atoms with E-state index in [0.29, 0.717) is 26.1 Å². The molecule has 5 nitrogen and oxygen atoms in total. The van der Waals surface area contributed by atoms with Crippen molar-refractivity contribution in [1.29, 1.82) is 0 Å². The highest BCUT2D eigenvalue weighted by Gasteiger charge is 2.29. The molecule has 0 unspecified atom stereocenters. The Labute approximate surface area is 119 Å². The number of likely N-dealkylation sites (N-methyl/N-ethyl adjacent to an activating group) is 1. The number of benzene rings is 1. The first-order chi connectivity index (χ1) is 9.56. The van der Waals surface area contributed by atoms with E-state index >= 15 is 0 Å². The second-order valence-electron chi connectivity index (χ2n) is 5.27. The van der Waals surface area contributed by atoms with Crippen molar-refractivity contribution in [2.45, 2.75) is 25.5 Å². The average molecular weight is 278 g/mol. The van der Waals surface area contributed by atoms with Gasteiger partial charge in [0.15, 0.2) is 0 Å². The molecule has 1 saturated heterocycles. The van der Waals surface area contributed by atoms with E-state index in [1.165, 1.54) is 5.56 Å². The lowest BCUT2D eigenvalue weighted by atomic mass is 10.2. The molecule has 1 heterocycles. The maximum atomic E-state index is 12.1. The van der Waals surface area contributed by atoms with Gasteiger partial charge in [-0.1, -0.05) is 17.7 Å². The van der Waals surface area contributed by atoms with E-state index in [-0.39, 0.29) is 11.9 Å². The smallest absolute Gasteiger partial charge is 0.239 e. The van der Waals surface area contributed by atoms with Gasteiger partial charge in [0.05, 0.1) is 18.7 Å². The van der Waals surface area contributed by atoms with Crippen LogP contribution in [0.25, 0.3) is 0 Å². The van der Waals surface area contributed by atoms with E-state index in [4.69, 9.17) is 4.74 Å². The van der Waals surface area contributed by atoms with Crippen molar-refractivity contribution in [1.82, 2.24) is 10.2 Å². The summed E-state index contributed by atoms with van der Waals surface area (Å²) in [5.41, 5.74) is 1.19. The Morgan fingerprint density at radius 1 is 1.45 bits per heavy atom. The topological polar surface area (TPSA) is 61.8 Å². The average Bonchev–Trinajstić information content (AvgIpc) is 2.86. The molecule has 0 saturated carbocycles. The molecular formula is C15H22N2O3. The number of hydrogen-bond acceptors (Lipinski definition) is 4. The van der Waals surface area contributed by atoms with Crippen LogP contribution in [0.5, 0.6) is 5.75 Å². The highest BCUT2D eigenvalue weighted by atomic mass is 16.5. The number of carbonyl (C=O) groups excluding carboxylic acids is 1. The van der Waals surface area contributed by atoms with Crippen molar-refractivity contribution < 1.29 is 14.6 Å². The molecule has 1 aliphatic heterocycles. The molecule has 1 aromatic carbocycles. The van der Waals surface area contributed by atoms with Gasteiger partial charge >= 0.3 is 0 Å². The number of nitrogens with one attached hydrogen (secondary N) is 1. The molecule has 20 heavy (non-hydrogen) atoms. The summed E-state index contributed by atoms with van der Waals surface area (Å²) >= 11 is 0. The summed E-state index contributed by atoms with van der Waals surface area (Å²) < 4.78 is 5.60. The third-order valence-corrected chi connectivity index (χ3v) is 3.50. The summed E-state index contributed by atoms with van der Waals surface area (Å²) in [6, 6.07) is 7.56. The van der Waals surface area contributed by atoms with Gasteiger partial charge in [-0.15, -0.1) is 0 Å². The second kappa shape index (κ2) is 6.72. The molecule has 1 amide bonds. The van der Waals surface area contributed by atoms with Crippen LogP contribution in [-0.2, 0) is 4.79 Å². The number of nitrogens with zero attached hydrogens (tertiary/aromatic N) is 1. The number of rotatable bonds is 5. The SMILES string of the molecule is Cc1ccc(OCCN(C)C(=O)[C@H]2C[C@@H](O)CN2)cc1.